The molecule has 0 unspecified atom stereocenters. The Morgan fingerprint density at radius 2 is 2.22 bits per heavy atom. The van der Waals surface area contributed by atoms with Crippen LogP contribution in [0.5, 0.6) is 0 Å². The molecule has 124 valence electrons. The van der Waals surface area contributed by atoms with Crippen molar-refractivity contribution in [2.45, 2.75) is 45.6 Å². The predicted octanol–water partition coefficient (Wildman–Crippen LogP) is 3.16. The van der Waals surface area contributed by atoms with E-state index in [0.29, 0.717) is 32.2 Å². The molecule has 0 fully saturated rings. The Morgan fingerprint density at radius 1 is 1.35 bits per heavy atom. The number of amides is 1. The van der Waals surface area contributed by atoms with Crippen molar-refractivity contribution >= 4 is 11.6 Å². The first-order valence-electron chi connectivity index (χ1n) is 8.05. The number of aryl methyl sites for hydroxylation is 3. The first kappa shape index (κ1) is 17.1. The van der Waals surface area contributed by atoms with Crippen LogP contribution in [0.25, 0.3) is 0 Å². The molecule has 1 aromatic heterocycles. The Labute approximate surface area is 135 Å². The lowest BCUT2D eigenvalue weighted by molar-refractivity contribution is -0.116. The molecule has 5 nitrogen and oxygen atoms in total. The van der Waals surface area contributed by atoms with Gasteiger partial charge in [-0.3, -0.25) is 13.9 Å². The molecule has 0 atom stereocenters. The van der Waals surface area contributed by atoms with Gasteiger partial charge in [-0.15, -0.1) is 5.10 Å². The molecule has 1 heterocycles. The molecule has 0 aliphatic heterocycles. The molecule has 0 bridgehead atoms. The summed E-state index contributed by atoms with van der Waals surface area (Å²) in [5.74, 6) is -0.00368. The molecule has 0 spiro atoms. The average molecular weight is 318 g/mol. The molecule has 0 aliphatic carbocycles. The van der Waals surface area contributed by atoms with E-state index >= 15 is 0 Å². The van der Waals surface area contributed by atoms with E-state index in [-0.39, 0.29) is 12.6 Å². The molecule has 6 heteroatoms. The van der Waals surface area contributed by atoms with E-state index in [9.17, 15) is 9.18 Å². The topological polar surface area (TPSA) is 59.8 Å². The number of alkyl halides is 1. The van der Waals surface area contributed by atoms with E-state index in [1.54, 1.807) is 4.68 Å². The third-order valence-corrected chi connectivity index (χ3v) is 3.56. The molecule has 0 saturated heterocycles. The van der Waals surface area contributed by atoms with Crippen LogP contribution in [0.2, 0.25) is 0 Å². The summed E-state index contributed by atoms with van der Waals surface area (Å²) in [6.45, 7) is 2.37. The number of nitrogens with one attached hydrogen (secondary N) is 1. The first-order chi connectivity index (χ1) is 11.2. The number of rotatable bonds is 9. The summed E-state index contributed by atoms with van der Waals surface area (Å²) in [4.78, 5) is 12.0. The Kier molecular flexibility index (Phi) is 6.72. The van der Waals surface area contributed by atoms with Gasteiger partial charge in [-0.2, -0.15) is 0 Å². The highest BCUT2D eigenvalue weighted by atomic mass is 19.1. The van der Waals surface area contributed by atoms with Crippen LogP contribution in [0.3, 0.4) is 0 Å². The average Bonchev–Trinajstić information content (AvgIpc) is 3.01. The zero-order chi connectivity index (χ0) is 16.5. The Morgan fingerprint density at radius 3 is 3.00 bits per heavy atom. The van der Waals surface area contributed by atoms with Crippen LogP contribution in [0, 0.1) is 0 Å². The highest BCUT2D eigenvalue weighted by molar-refractivity contribution is 5.90. The van der Waals surface area contributed by atoms with Crippen molar-refractivity contribution in [2.75, 3.05) is 12.0 Å². The van der Waals surface area contributed by atoms with E-state index in [1.165, 1.54) is 5.56 Å². The van der Waals surface area contributed by atoms with Gasteiger partial charge in [0.05, 0.1) is 12.4 Å². The van der Waals surface area contributed by atoms with Crippen LogP contribution in [-0.4, -0.2) is 27.6 Å². The Balaban J connectivity index is 1.73. The second-order valence-electron chi connectivity index (χ2n) is 5.47. The largest absolute Gasteiger partial charge is 0.326 e. The van der Waals surface area contributed by atoms with Gasteiger partial charge in [-0.25, -0.2) is 0 Å². The molecular weight excluding hydrogens is 295 g/mol. The lowest BCUT2D eigenvalue weighted by Crippen LogP contribution is -2.12. The van der Waals surface area contributed by atoms with Crippen molar-refractivity contribution < 1.29 is 9.18 Å². The lowest BCUT2D eigenvalue weighted by atomic mass is 10.1. The second kappa shape index (κ2) is 9.02. The minimum atomic E-state index is -0.341. The van der Waals surface area contributed by atoms with Gasteiger partial charge in [-0.05, 0) is 43.4 Å². The standard InChI is InChI=1S/C17H23FN4O/c1-2-14-6-3-7-15(12-14)19-17(23)9-5-11-22-13-16(20-21-22)8-4-10-18/h3,6-7,12-13H,2,4-5,8-11H2,1H3,(H,19,23). The summed E-state index contributed by atoms with van der Waals surface area (Å²) in [6, 6.07) is 7.88. The van der Waals surface area contributed by atoms with Crippen LogP contribution >= 0.6 is 0 Å². The Hall–Kier alpha value is -2.24. The van der Waals surface area contributed by atoms with Crippen molar-refractivity contribution in [3.63, 3.8) is 0 Å². The number of anilines is 1. The number of hydrogen-bond donors (Lipinski definition) is 1. The van der Waals surface area contributed by atoms with Gasteiger partial charge in [0.25, 0.3) is 0 Å². The summed E-state index contributed by atoms with van der Waals surface area (Å²) < 4.78 is 13.8. The minimum Gasteiger partial charge on any atom is -0.326 e. The van der Waals surface area contributed by atoms with Crippen LogP contribution in [0.1, 0.15) is 37.4 Å². The number of carbonyl (C=O) groups is 1. The van der Waals surface area contributed by atoms with Crippen molar-refractivity contribution in [2.24, 2.45) is 0 Å². The van der Waals surface area contributed by atoms with Gasteiger partial charge in [-0.1, -0.05) is 24.3 Å². The molecule has 0 radical (unpaired) electrons. The van der Waals surface area contributed by atoms with E-state index in [0.717, 1.165) is 17.8 Å². The molecule has 1 amide bonds. The molecule has 2 rings (SSSR count). The van der Waals surface area contributed by atoms with E-state index < -0.39 is 0 Å². The third-order valence-electron chi connectivity index (χ3n) is 3.56. The second-order valence-corrected chi connectivity index (χ2v) is 5.47. The van der Waals surface area contributed by atoms with Gasteiger partial charge in [0.2, 0.25) is 5.91 Å². The summed E-state index contributed by atoms with van der Waals surface area (Å²) >= 11 is 0. The summed E-state index contributed by atoms with van der Waals surface area (Å²) in [7, 11) is 0. The van der Waals surface area contributed by atoms with Gasteiger partial charge in [0.1, 0.15) is 0 Å². The number of hydrogen-bond acceptors (Lipinski definition) is 3. The van der Waals surface area contributed by atoms with E-state index in [4.69, 9.17) is 0 Å². The number of aromatic nitrogens is 3. The van der Waals surface area contributed by atoms with Crippen LogP contribution in [0.15, 0.2) is 30.5 Å². The van der Waals surface area contributed by atoms with Crippen molar-refractivity contribution in [3.05, 3.63) is 41.7 Å². The zero-order valence-corrected chi connectivity index (χ0v) is 13.5. The fourth-order valence-electron chi connectivity index (χ4n) is 2.30. The SMILES string of the molecule is CCc1cccc(NC(=O)CCCn2cc(CCCF)nn2)c1. The maximum absolute atomic E-state index is 12.1. The third kappa shape index (κ3) is 5.81. The van der Waals surface area contributed by atoms with Gasteiger partial charge in [0.15, 0.2) is 0 Å². The molecular formula is C17H23FN4O. The van der Waals surface area contributed by atoms with Crippen LogP contribution < -0.4 is 5.32 Å². The first-order valence-corrected chi connectivity index (χ1v) is 8.05. The predicted molar refractivity (Wildman–Crippen MR) is 88.0 cm³/mol. The lowest BCUT2D eigenvalue weighted by Gasteiger charge is -2.06. The summed E-state index contributed by atoms with van der Waals surface area (Å²) in [6.07, 6.45) is 4.95. The van der Waals surface area contributed by atoms with Crippen LogP contribution in [-0.2, 0) is 24.2 Å². The van der Waals surface area contributed by atoms with Crippen molar-refractivity contribution in [3.8, 4) is 0 Å². The number of halogens is 1. The monoisotopic (exact) mass is 318 g/mol. The smallest absolute Gasteiger partial charge is 0.224 e. The highest BCUT2D eigenvalue weighted by Crippen LogP contribution is 2.11. The number of benzene rings is 1. The maximum Gasteiger partial charge on any atom is 0.224 e. The molecule has 2 aromatic rings. The number of carbonyl (C=O) groups excluding carboxylic acids is 1. The summed E-state index contributed by atoms with van der Waals surface area (Å²) in [5, 5.41) is 10.9. The fourth-order valence-corrected chi connectivity index (χ4v) is 2.30. The quantitative estimate of drug-likeness (QED) is 0.772. The normalized spacial score (nSPS) is 10.7. The molecule has 0 saturated carbocycles. The van der Waals surface area contributed by atoms with Crippen LogP contribution in [0.4, 0.5) is 10.1 Å². The fraction of sp³-hybridized carbons (Fsp3) is 0.471. The zero-order valence-electron chi connectivity index (χ0n) is 13.5. The Bertz CT molecular complexity index is 627. The minimum absolute atomic E-state index is 0.00368. The van der Waals surface area contributed by atoms with E-state index in [2.05, 4.69) is 22.6 Å². The maximum atomic E-state index is 12.1. The molecule has 0 aliphatic rings. The number of nitrogens with zero attached hydrogens (tertiary/aromatic N) is 3. The van der Waals surface area contributed by atoms with E-state index in [1.807, 2.05) is 30.5 Å². The van der Waals surface area contributed by atoms with Gasteiger partial charge < -0.3 is 5.32 Å². The van der Waals surface area contributed by atoms with Gasteiger partial charge in [0, 0.05) is 24.8 Å². The highest BCUT2D eigenvalue weighted by Gasteiger charge is 2.05. The van der Waals surface area contributed by atoms with Crippen molar-refractivity contribution in [1.29, 1.82) is 0 Å². The molecule has 1 N–H and O–H groups in total. The molecule has 23 heavy (non-hydrogen) atoms. The van der Waals surface area contributed by atoms with Crippen molar-refractivity contribution in [1.82, 2.24) is 15.0 Å². The van der Waals surface area contributed by atoms with Gasteiger partial charge >= 0.3 is 0 Å². The molecule has 1 aromatic carbocycles. The summed E-state index contributed by atoms with van der Waals surface area (Å²) in [5.41, 5.74) is 2.83.